The van der Waals surface area contributed by atoms with Gasteiger partial charge in [0.05, 0.1) is 15.9 Å². The molecule has 1 aliphatic rings. The third-order valence-corrected chi connectivity index (χ3v) is 6.33. The van der Waals surface area contributed by atoms with E-state index in [1.165, 1.54) is 12.4 Å². The number of aromatic nitrogens is 3. The summed E-state index contributed by atoms with van der Waals surface area (Å²) in [4.78, 5) is 22.4. The Balaban J connectivity index is 1.50. The molecule has 0 aliphatic carbocycles. The number of rotatable bonds is 4. The third-order valence-electron chi connectivity index (χ3n) is 5.52. The molecule has 8 heteroatoms. The molecule has 0 spiro atoms. The molecule has 1 N–H and O–H groups in total. The van der Waals surface area contributed by atoms with Crippen LogP contribution in [0.2, 0.25) is 0 Å². The fourth-order valence-electron chi connectivity index (χ4n) is 3.91. The summed E-state index contributed by atoms with van der Waals surface area (Å²) in [7, 11) is 0. The Morgan fingerprint density at radius 2 is 2.20 bits per heavy atom. The summed E-state index contributed by atoms with van der Waals surface area (Å²) >= 11 is 1.13. The minimum Gasteiger partial charge on any atom is -0.339 e. The van der Waals surface area contributed by atoms with Gasteiger partial charge in [-0.2, -0.15) is 4.37 Å². The number of nitrogens with zero attached hydrogens (tertiary/aromatic N) is 4. The van der Waals surface area contributed by atoms with Crippen molar-refractivity contribution in [3.63, 3.8) is 0 Å². The van der Waals surface area contributed by atoms with Crippen molar-refractivity contribution in [3.8, 4) is 0 Å². The van der Waals surface area contributed by atoms with Crippen molar-refractivity contribution in [2.45, 2.75) is 12.3 Å². The van der Waals surface area contributed by atoms with Gasteiger partial charge in [-0.05, 0) is 53.9 Å². The normalized spacial score (nSPS) is 16.3. The van der Waals surface area contributed by atoms with Crippen molar-refractivity contribution < 1.29 is 9.18 Å². The summed E-state index contributed by atoms with van der Waals surface area (Å²) in [6.45, 7) is 4.94. The standard InChI is InChI=1S/C22H18FN5OS/c1-2-19(29)28-8-7-15(11-28)13-3-5-17-16(9-13)22(25-12-24-17)27-18-6-4-14-10-26-30-21(14)20(18)23/h2-6,9-10,12,15H,1,7-8,11H2,(H,24,25,27)/t15-/m0/s1. The van der Waals surface area contributed by atoms with Crippen LogP contribution in [0.25, 0.3) is 21.0 Å². The second-order valence-corrected chi connectivity index (χ2v) is 8.07. The lowest BCUT2D eigenvalue weighted by Gasteiger charge is -2.15. The molecular formula is C22H18FN5OS. The quantitative estimate of drug-likeness (QED) is 0.489. The van der Waals surface area contributed by atoms with Gasteiger partial charge in [-0.1, -0.05) is 12.6 Å². The third kappa shape index (κ3) is 3.19. The Bertz CT molecular complexity index is 1290. The van der Waals surface area contributed by atoms with Gasteiger partial charge in [0.15, 0.2) is 5.82 Å². The van der Waals surface area contributed by atoms with Gasteiger partial charge < -0.3 is 10.2 Å². The predicted molar refractivity (Wildman–Crippen MR) is 117 cm³/mol. The molecule has 1 amide bonds. The highest BCUT2D eigenvalue weighted by molar-refractivity contribution is 7.13. The largest absolute Gasteiger partial charge is 0.339 e. The van der Waals surface area contributed by atoms with Crippen LogP contribution in [0.15, 0.2) is 55.5 Å². The number of anilines is 2. The Morgan fingerprint density at radius 1 is 1.30 bits per heavy atom. The number of fused-ring (bicyclic) bond motifs is 2. The molecule has 1 fully saturated rings. The topological polar surface area (TPSA) is 71.0 Å². The van der Waals surface area contributed by atoms with Gasteiger partial charge in [-0.15, -0.1) is 0 Å². The second-order valence-electron chi connectivity index (χ2n) is 7.27. The lowest BCUT2D eigenvalue weighted by atomic mass is 9.97. The van der Waals surface area contributed by atoms with Gasteiger partial charge in [0.2, 0.25) is 5.91 Å². The highest BCUT2D eigenvalue weighted by atomic mass is 32.1. The van der Waals surface area contributed by atoms with E-state index in [-0.39, 0.29) is 17.6 Å². The molecule has 5 rings (SSSR count). The van der Waals surface area contributed by atoms with Crippen molar-refractivity contribution in [1.82, 2.24) is 19.2 Å². The molecule has 0 bridgehead atoms. The molecule has 150 valence electrons. The molecule has 0 unspecified atom stereocenters. The van der Waals surface area contributed by atoms with E-state index in [1.807, 2.05) is 29.2 Å². The Hall–Kier alpha value is -3.39. The number of benzene rings is 2. The van der Waals surface area contributed by atoms with Gasteiger partial charge >= 0.3 is 0 Å². The van der Waals surface area contributed by atoms with Crippen LogP contribution in [0, 0.1) is 5.82 Å². The van der Waals surface area contributed by atoms with Crippen molar-refractivity contribution in [3.05, 3.63) is 66.9 Å². The number of carbonyl (C=O) groups excluding carboxylic acids is 1. The SMILES string of the molecule is C=CC(=O)N1CC[C@H](c2ccc3ncnc(Nc4ccc5cnsc5c4F)c3c2)C1. The molecule has 1 atom stereocenters. The summed E-state index contributed by atoms with van der Waals surface area (Å²) in [6, 6.07) is 9.55. The van der Waals surface area contributed by atoms with Crippen molar-refractivity contribution in [1.29, 1.82) is 0 Å². The number of hydrogen-bond acceptors (Lipinski definition) is 6. The zero-order valence-corrected chi connectivity index (χ0v) is 16.8. The number of amides is 1. The lowest BCUT2D eigenvalue weighted by molar-refractivity contribution is -0.125. The predicted octanol–water partition coefficient (Wildman–Crippen LogP) is 4.62. The van der Waals surface area contributed by atoms with Crippen LogP contribution in [-0.2, 0) is 4.79 Å². The van der Waals surface area contributed by atoms with Crippen molar-refractivity contribution in [2.24, 2.45) is 0 Å². The van der Waals surface area contributed by atoms with E-state index >= 15 is 0 Å². The summed E-state index contributed by atoms with van der Waals surface area (Å²) < 4.78 is 19.5. The van der Waals surface area contributed by atoms with Gasteiger partial charge in [-0.25, -0.2) is 14.4 Å². The first kappa shape index (κ1) is 18.6. The van der Waals surface area contributed by atoms with Gasteiger partial charge in [0, 0.05) is 36.0 Å². The van der Waals surface area contributed by atoms with Crippen LogP contribution in [-0.4, -0.2) is 38.2 Å². The van der Waals surface area contributed by atoms with Gasteiger partial charge in [-0.3, -0.25) is 4.79 Å². The monoisotopic (exact) mass is 419 g/mol. The molecular weight excluding hydrogens is 401 g/mol. The Labute approximate surface area is 176 Å². The van der Waals surface area contributed by atoms with E-state index in [2.05, 4.69) is 26.2 Å². The average Bonchev–Trinajstić information content (AvgIpc) is 3.45. The number of halogens is 1. The lowest BCUT2D eigenvalue weighted by Crippen LogP contribution is -2.26. The molecule has 0 radical (unpaired) electrons. The van der Waals surface area contributed by atoms with Gasteiger partial charge in [0.25, 0.3) is 0 Å². The first-order valence-electron chi connectivity index (χ1n) is 9.60. The molecule has 0 saturated carbocycles. The molecule has 2 aromatic heterocycles. The minimum absolute atomic E-state index is 0.0436. The molecule has 4 aromatic rings. The van der Waals surface area contributed by atoms with E-state index in [1.54, 1.807) is 12.3 Å². The van der Waals surface area contributed by atoms with Crippen LogP contribution in [0.5, 0.6) is 0 Å². The Kier molecular flexibility index (Phi) is 4.63. The second kappa shape index (κ2) is 7.46. The summed E-state index contributed by atoms with van der Waals surface area (Å²) in [5.74, 6) is 0.392. The van der Waals surface area contributed by atoms with Crippen LogP contribution < -0.4 is 5.32 Å². The molecule has 6 nitrogen and oxygen atoms in total. The highest BCUT2D eigenvalue weighted by Crippen LogP contribution is 2.33. The maximum Gasteiger partial charge on any atom is 0.245 e. The number of carbonyl (C=O) groups is 1. The molecule has 2 aromatic carbocycles. The zero-order chi connectivity index (χ0) is 20.7. The van der Waals surface area contributed by atoms with E-state index in [9.17, 15) is 9.18 Å². The van der Waals surface area contributed by atoms with E-state index < -0.39 is 0 Å². The molecule has 30 heavy (non-hydrogen) atoms. The van der Waals surface area contributed by atoms with E-state index in [4.69, 9.17) is 0 Å². The summed E-state index contributed by atoms with van der Waals surface area (Å²) in [6.07, 6.45) is 5.36. The zero-order valence-electron chi connectivity index (χ0n) is 16.0. The maximum atomic E-state index is 14.9. The van der Waals surface area contributed by atoms with Crippen LogP contribution >= 0.6 is 11.5 Å². The van der Waals surface area contributed by atoms with Crippen LogP contribution in [0.1, 0.15) is 17.9 Å². The summed E-state index contributed by atoms with van der Waals surface area (Å²) in [5.41, 5.74) is 2.23. The molecule has 1 saturated heterocycles. The van der Waals surface area contributed by atoms with E-state index in [0.29, 0.717) is 29.3 Å². The van der Waals surface area contributed by atoms with Gasteiger partial charge in [0.1, 0.15) is 12.1 Å². The minimum atomic E-state index is -0.340. The van der Waals surface area contributed by atoms with Crippen molar-refractivity contribution in [2.75, 3.05) is 18.4 Å². The number of nitrogens with one attached hydrogen (secondary N) is 1. The molecule has 3 heterocycles. The number of likely N-dealkylation sites (tertiary alicyclic amines) is 1. The summed E-state index contributed by atoms with van der Waals surface area (Å²) in [5, 5.41) is 4.71. The fourth-order valence-corrected chi connectivity index (χ4v) is 4.60. The smallest absolute Gasteiger partial charge is 0.245 e. The maximum absolute atomic E-state index is 14.9. The van der Waals surface area contributed by atoms with Crippen LogP contribution in [0.3, 0.4) is 0 Å². The fraction of sp³-hybridized carbons (Fsp3) is 0.182. The first-order chi connectivity index (χ1) is 14.6. The Morgan fingerprint density at radius 3 is 3.07 bits per heavy atom. The average molecular weight is 419 g/mol. The van der Waals surface area contributed by atoms with Crippen LogP contribution in [0.4, 0.5) is 15.9 Å². The number of hydrogen-bond donors (Lipinski definition) is 1. The first-order valence-corrected chi connectivity index (χ1v) is 10.4. The highest BCUT2D eigenvalue weighted by Gasteiger charge is 2.26. The van der Waals surface area contributed by atoms with Crippen molar-refractivity contribution >= 4 is 49.9 Å². The van der Waals surface area contributed by atoms with E-state index in [0.717, 1.165) is 39.8 Å². The molecule has 1 aliphatic heterocycles.